The fourth-order valence-electron chi connectivity index (χ4n) is 6.38. The molecule has 12 heteroatoms. The van der Waals surface area contributed by atoms with Gasteiger partial charge in [0.25, 0.3) is 11.8 Å². The summed E-state index contributed by atoms with van der Waals surface area (Å²) < 4.78 is 29.5. The number of aryl methyl sites for hydroxylation is 1. The molecule has 1 saturated heterocycles. The van der Waals surface area contributed by atoms with Gasteiger partial charge in [-0.15, -0.1) is 5.10 Å². The number of amides is 2. The number of anilines is 2. The van der Waals surface area contributed by atoms with Gasteiger partial charge in [-0.1, -0.05) is 12.1 Å². The molecule has 0 unspecified atom stereocenters. The van der Waals surface area contributed by atoms with Crippen molar-refractivity contribution >= 4 is 31.6 Å². The summed E-state index contributed by atoms with van der Waals surface area (Å²) in [5, 5.41) is 20.3. The minimum Gasteiger partial charge on any atom is -0.497 e. The van der Waals surface area contributed by atoms with Crippen molar-refractivity contribution in [1.29, 1.82) is 0 Å². The Kier molecular flexibility index (Phi) is 7.75. The molecule has 0 aliphatic carbocycles. The highest BCUT2D eigenvalue weighted by molar-refractivity contribution is 6.72. The fourth-order valence-corrected chi connectivity index (χ4v) is 8.93. The second-order valence-electron chi connectivity index (χ2n) is 11.3. The number of aliphatic hydroxyl groups excluding tert-OH is 1. The summed E-state index contributed by atoms with van der Waals surface area (Å²) in [6.45, 7) is 5.63. The first-order valence-corrected chi connectivity index (χ1v) is 16.7. The van der Waals surface area contributed by atoms with Crippen molar-refractivity contribution < 1.29 is 28.3 Å². The van der Waals surface area contributed by atoms with Gasteiger partial charge in [-0.2, -0.15) is 0 Å². The van der Waals surface area contributed by atoms with E-state index in [-0.39, 0.29) is 18.4 Å². The highest BCUT2D eigenvalue weighted by atomic mass is 28.4. The van der Waals surface area contributed by atoms with E-state index in [1.165, 1.54) is 0 Å². The molecule has 2 N–H and O–H groups in total. The molecule has 0 saturated carbocycles. The average Bonchev–Trinajstić information content (AvgIpc) is 3.58. The summed E-state index contributed by atoms with van der Waals surface area (Å²) >= 11 is 0. The fraction of sp³-hybridized carbons (Fsp3) is 0.448. The van der Waals surface area contributed by atoms with Crippen LogP contribution in [0.4, 0.5) is 15.5 Å². The first-order chi connectivity index (χ1) is 19.5. The third-order valence-corrected chi connectivity index (χ3v) is 10.8. The number of halogens is 1. The van der Waals surface area contributed by atoms with Crippen LogP contribution < -0.4 is 15.0 Å². The van der Waals surface area contributed by atoms with Crippen LogP contribution in [0.5, 0.6) is 5.75 Å². The SMILES string of the molecule is COc1ccc(C(=O)Nc2ccc3c(c2)[C@@]2(O[C@H](CCn4cc(CCO)nn4)[C@@H]([Si](C)(C)F)[C@@H]2C)C(=O)N3C)cc1. The highest BCUT2D eigenvalue weighted by Gasteiger charge is 2.66. The molecule has 41 heavy (non-hydrogen) atoms. The zero-order valence-corrected chi connectivity index (χ0v) is 24.9. The number of likely N-dealkylation sites (N-methyl/N-ethyl adjacent to an activating group) is 1. The van der Waals surface area contributed by atoms with Gasteiger partial charge < -0.3 is 28.9 Å². The van der Waals surface area contributed by atoms with Crippen molar-refractivity contribution in [3.8, 4) is 5.75 Å². The summed E-state index contributed by atoms with van der Waals surface area (Å²) in [7, 11) is -0.0531. The standard InChI is InChI=1S/C29H36FN5O5Si/c1-18-26(41(4,5)30)25(12-14-35-17-21(13-15-36)32-33-35)40-29(18)23-16-20(8-11-24(23)34(2)28(29)38)31-27(37)19-6-9-22(39-3)10-7-19/h6-11,16-18,25-26,36H,12-15H2,1-5H3,(H,31,37)/t18-,25+,26-,29+/m0/s1. The molecule has 218 valence electrons. The van der Waals surface area contributed by atoms with Crippen molar-refractivity contribution in [2.75, 3.05) is 31.0 Å². The predicted molar refractivity (Wildman–Crippen MR) is 154 cm³/mol. The number of hydrogen-bond donors (Lipinski definition) is 2. The van der Waals surface area contributed by atoms with Crippen LogP contribution in [0, 0.1) is 5.92 Å². The lowest BCUT2D eigenvalue weighted by Gasteiger charge is -2.31. The smallest absolute Gasteiger partial charge is 0.264 e. The van der Waals surface area contributed by atoms with Gasteiger partial charge in [-0.05, 0) is 62.0 Å². The number of carbonyl (C=O) groups excluding carboxylic acids is 2. The van der Waals surface area contributed by atoms with Gasteiger partial charge in [0.15, 0.2) is 5.60 Å². The molecule has 0 radical (unpaired) electrons. The summed E-state index contributed by atoms with van der Waals surface area (Å²) in [5.41, 5.74) is 1.12. The van der Waals surface area contributed by atoms with Gasteiger partial charge in [0.05, 0.1) is 24.6 Å². The summed E-state index contributed by atoms with van der Waals surface area (Å²) in [5.74, 6) is -0.340. The van der Waals surface area contributed by atoms with Crippen LogP contribution in [0.2, 0.25) is 18.6 Å². The molecular formula is C29H36FN5O5Si. The maximum atomic E-state index is 16.0. The normalized spacial score (nSPS) is 23.7. The van der Waals surface area contributed by atoms with Gasteiger partial charge in [0.2, 0.25) is 8.41 Å². The van der Waals surface area contributed by atoms with E-state index in [0.29, 0.717) is 53.3 Å². The average molecular weight is 582 g/mol. The van der Waals surface area contributed by atoms with Gasteiger partial charge in [0, 0.05) is 61.1 Å². The Bertz CT molecular complexity index is 1440. The molecule has 1 aromatic heterocycles. The van der Waals surface area contributed by atoms with Crippen molar-refractivity contribution in [2.45, 2.75) is 56.7 Å². The zero-order chi connectivity index (χ0) is 29.5. The monoisotopic (exact) mass is 581 g/mol. The van der Waals surface area contributed by atoms with E-state index in [1.54, 1.807) is 85.5 Å². The van der Waals surface area contributed by atoms with E-state index >= 15 is 4.11 Å². The number of aromatic nitrogens is 3. The topological polar surface area (TPSA) is 119 Å². The third-order valence-electron chi connectivity index (χ3n) is 8.30. The Morgan fingerprint density at radius 2 is 1.98 bits per heavy atom. The Morgan fingerprint density at radius 3 is 2.63 bits per heavy atom. The molecule has 2 aromatic carbocycles. The number of ether oxygens (including phenoxy) is 2. The lowest BCUT2D eigenvalue weighted by Crippen LogP contribution is -2.44. The Labute approximate surface area is 239 Å². The van der Waals surface area contributed by atoms with Gasteiger partial charge in [-0.25, -0.2) is 0 Å². The third kappa shape index (κ3) is 5.15. The molecule has 0 bridgehead atoms. The lowest BCUT2D eigenvalue weighted by atomic mass is 9.82. The number of hydrogen-bond acceptors (Lipinski definition) is 7. The first-order valence-electron chi connectivity index (χ1n) is 13.7. The Hall–Kier alpha value is -3.61. The largest absolute Gasteiger partial charge is 0.497 e. The number of rotatable bonds is 9. The maximum Gasteiger partial charge on any atom is 0.264 e. The number of fused-ring (bicyclic) bond motifs is 2. The summed E-state index contributed by atoms with van der Waals surface area (Å²) in [6, 6.07) is 12.1. The number of carbonyl (C=O) groups is 2. The van der Waals surface area contributed by atoms with Crippen LogP contribution in [-0.4, -0.2) is 67.2 Å². The predicted octanol–water partition coefficient (Wildman–Crippen LogP) is 3.92. The molecular weight excluding hydrogens is 545 g/mol. The number of benzene rings is 2. The van der Waals surface area contributed by atoms with E-state index in [2.05, 4.69) is 15.6 Å². The van der Waals surface area contributed by atoms with E-state index in [1.807, 2.05) is 6.92 Å². The van der Waals surface area contributed by atoms with Crippen LogP contribution in [0.1, 0.15) is 35.0 Å². The Morgan fingerprint density at radius 1 is 1.24 bits per heavy atom. The van der Waals surface area contributed by atoms with Gasteiger partial charge in [0.1, 0.15) is 5.75 Å². The quantitative estimate of drug-likeness (QED) is 0.291. The van der Waals surface area contributed by atoms with Gasteiger partial charge in [-0.3, -0.25) is 14.3 Å². The lowest BCUT2D eigenvalue weighted by molar-refractivity contribution is -0.145. The maximum absolute atomic E-state index is 16.0. The molecule has 3 heterocycles. The number of nitrogens with one attached hydrogen (secondary N) is 1. The van der Waals surface area contributed by atoms with E-state index in [9.17, 15) is 14.7 Å². The van der Waals surface area contributed by atoms with Crippen LogP contribution in [-0.2, 0) is 28.1 Å². The molecule has 2 aliphatic heterocycles. The van der Waals surface area contributed by atoms with Crippen LogP contribution >= 0.6 is 0 Å². The van der Waals surface area contributed by atoms with E-state index in [0.717, 1.165) is 0 Å². The number of methoxy groups -OCH3 is 1. The molecule has 10 nitrogen and oxygen atoms in total. The summed E-state index contributed by atoms with van der Waals surface area (Å²) in [6.07, 6.45) is 2.09. The zero-order valence-electron chi connectivity index (χ0n) is 23.9. The molecule has 4 atom stereocenters. The van der Waals surface area contributed by atoms with Crippen LogP contribution in [0.15, 0.2) is 48.7 Å². The number of nitrogens with zero attached hydrogens (tertiary/aromatic N) is 4. The van der Waals surface area contributed by atoms with Gasteiger partial charge >= 0.3 is 0 Å². The van der Waals surface area contributed by atoms with Crippen molar-refractivity contribution in [1.82, 2.24) is 15.0 Å². The number of aliphatic hydroxyl groups is 1. The minimum atomic E-state index is -3.31. The second-order valence-corrected chi connectivity index (χ2v) is 15.1. The first kappa shape index (κ1) is 28.9. The molecule has 1 spiro atoms. The van der Waals surface area contributed by atoms with E-state index < -0.39 is 31.6 Å². The molecule has 5 rings (SSSR count). The van der Waals surface area contributed by atoms with Crippen LogP contribution in [0.25, 0.3) is 0 Å². The molecule has 2 aliphatic rings. The van der Waals surface area contributed by atoms with E-state index in [4.69, 9.17) is 9.47 Å². The minimum absolute atomic E-state index is 0.0221. The van der Waals surface area contributed by atoms with Crippen molar-refractivity contribution in [2.24, 2.45) is 5.92 Å². The highest BCUT2D eigenvalue weighted by Crippen LogP contribution is 2.60. The van der Waals surface area contributed by atoms with Crippen molar-refractivity contribution in [3.05, 3.63) is 65.5 Å². The molecule has 1 fully saturated rings. The Balaban J connectivity index is 1.45. The molecule has 3 aromatic rings. The molecule has 2 amide bonds. The van der Waals surface area contributed by atoms with Crippen molar-refractivity contribution in [3.63, 3.8) is 0 Å². The second kappa shape index (κ2) is 11.0. The summed E-state index contributed by atoms with van der Waals surface area (Å²) in [4.78, 5) is 28.5. The van der Waals surface area contributed by atoms with Crippen LogP contribution in [0.3, 0.4) is 0 Å².